The van der Waals surface area contributed by atoms with Gasteiger partial charge in [0.15, 0.2) is 0 Å². The van der Waals surface area contributed by atoms with Crippen LogP contribution >= 0.6 is 0 Å². The molecule has 4 heteroatoms. The van der Waals surface area contributed by atoms with Crippen LogP contribution in [0.4, 0.5) is 4.39 Å². The van der Waals surface area contributed by atoms with Crippen molar-refractivity contribution in [2.75, 3.05) is 13.6 Å². The van der Waals surface area contributed by atoms with Crippen LogP contribution in [0.25, 0.3) is 12.2 Å². The number of carboxylic acids is 1. The van der Waals surface area contributed by atoms with E-state index in [4.69, 9.17) is 5.11 Å². The quantitative estimate of drug-likeness (QED) is 0.769. The van der Waals surface area contributed by atoms with Gasteiger partial charge in [-0.1, -0.05) is 18.2 Å². The van der Waals surface area contributed by atoms with Crippen LogP contribution in [-0.2, 0) is 4.79 Å². The lowest BCUT2D eigenvalue weighted by atomic mass is 10.1. The highest BCUT2D eigenvalue weighted by Gasteiger charge is 1.99. The van der Waals surface area contributed by atoms with Crippen LogP contribution in [0.2, 0.25) is 0 Å². The minimum absolute atomic E-state index is 0.263. The number of hydrogen-bond acceptors (Lipinski definition) is 2. The van der Waals surface area contributed by atoms with Gasteiger partial charge in [0.2, 0.25) is 0 Å². The van der Waals surface area contributed by atoms with E-state index in [1.54, 1.807) is 12.1 Å². The molecule has 0 saturated heterocycles. The summed E-state index contributed by atoms with van der Waals surface area (Å²) in [5.41, 5.74) is 1.09. The third-order valence-electron chi connectivity index (χ3n) is 2.06. The second-order valence-electron chi connectivity index (χ2n) is 3.41. The molecule has 0 bridgehead atoms. The number of likely N-dealkylation sites (N-methyl/N-ethyl adjacent to an activating group) is 1. The maximum Gasteiger partial charge on any atom is 0.328 e. The highest BCUT2D eigenvalue weighted by Crippen LogP contribution is 2.13. The summed E-state index contributed by atoms with van der Waals surface area (Å²) >= 11 is 0. The Morgan fingerprint density at radius 2 is 2.24 bits per heavy atom. The van der Waals surface area contributed by atoms with Gasteiger partial charge >= 0.3 is 5.97 Å². The predicted molar refractivity (Wildman–Crippen MR) is 66.0 cm³/mol. The van der Waals surface area contributed by atoms with Crippen LogP contribution in [0.15, 0.2) is 30.4 Å². The average Bonchev–Trinajstić information content (AvgIpc) is 2.29. The first kappa shape index (κ1) is 13.1. The summed E-state index contributed by atoms with van der Waals surface area (Å²) in [6.45, 7) is 0.720. The molecular weight excluding hydrogens is 221 g/mol. The molecule has 1 aromatic rings. The lowest BCUT2D eigenvalue weighted by molar-refractivity contribution is -0.131. The Balaban J connectivity index is 2.90. The molecule has 0 radical (unpaired) electrons. The number of aliphatic carboxylic acids is 1. The van der Waals surface area contributed by atoms with Gasteiger partial charge in [-0.05, 0) is 30.8 Å². The Hall–Kier alpha value is -1.94. The van der Waals surface area contributed by atoms with E-state index in [1.807, 2.05) is 19.2 Å². The van der Waals surface area contributed by atoms with Crippen molar-refractivity contribution >= 4 is 18.1 Å². The van der Waals surface area contributed by atoms with Gasteiger partial charge in [-0.3, -0.25) is 0 Å². The molecule has 0 atom stereocenters. The Kier molecular flexibility index (Phi) is 5.10. The van der Waals surface area contributed by atoms with Crippen LogP contribution in [-0.4, -0.2) is 24.7 Å². The Labute approximate surface area is 99.3 Å². The number of nitrogens with one attached hydrogen (secondary N) is 1. The largest absolute Gasteiger partial charge is 0.478 e. The second kappa shape index (κ2) is 6.60. The SMILES string of the molecule is CNCC=Cc1ccc(F)c(/C=C/C(=O)O)c1. The number of benzene rings is 1. The highest BCUT2D eigenvalue weighted by atomic mass is 19.1. The van der Waals surface area contributed by atoms with Crippen LogP contribution in [0.1, 0.15) is 11.1 Å². The van der Waals surface area contributed by atoms with E-state index in [2.05, 4.69) is 5.32 Å². The van der Waals surface area contributed by atoms with Gasteiger partial charge in [-0.25, -0.2) is 9.18 Å². The van der Waals surface area contributed by atoms with Gasteiger partial charge in [0.25, 0.3) is 0 Å². The van der Waals surface area contributed by atoms with E-state index in [-0.39, 0.29) is 5.56 Å². The zero-order chi connectivity index (χ0) is 12.7. The molecule has 0 saturated carbocycles. The highest BCUT2D eigenvalue weighted by molar-refractivity contribution is 5.85. The summed E-state index contributed by atoms with van der Waals surface area (Å²) in [6, 6.07) is 4.56. The molecule has 1 aromatic carbocycles. The van der Waals surface area contributed by atoms with Gasteiger partial charge in [-0.2, -0.15) is 0 Å². The van der Waals surface area contributed by atoms with E-state index >= 15 is 0 Å². The lowest BCUT2D eigenvalue weighted by Gasteiger charge is -1.99. The van der Waals surface area contributed by atoms with E-state index in [0.29, 0.717) is 0 Å². The van der Waals surface area contributed by atoms with Crippen LogP contribution in [0.3, 0.4) is 0 Å². The number of carbonyl (C=O) groups is 1. The minimum Gasteiger partial charge on any atom is -0.478 e. The van der Waals surface area contributed by atoms with Crippen LogP contribution in [0, 0.1) is 5.82 Å². The molecule has 0 amide bonds. The molecule has 3 nitrogen and oxygen atoms in total. The number of hydrogen-bond donors (Lipinski definition) is 2. The van der Waals surface area contributed by atoms with Crippen molar-refractivity contribution in [2.45, 2.75) is 0 Å². The van der Waals surface area contributed by atoms with Crippen molar-refractivity contribution in [3.05, 3.63) is 47.3 Å². The number of carboxylic acid groups (broad SMARTS) is 1. The molecule has 0 heterocycles. The van der Waals surface area contributed by atoms with Crippen molar-refractivity contribution in [3.8, 4) is 0 Å². The summed E-state index contributed by atoms with van der Waals surface area (Å²) < 4.78 is 13.3. The molecular formula is C13H14FNO2. The van der Waals surface area contributed by atoms with Crippen LogP contribution in [0.5, 0.6) is 0 Å². The summed E-state index contributed by atoms with van der Waals surface area (Å²) in [5.74, 6) is -1.53. The molecule has 2 N–H and O–H groups in total. The molecule has 0 spiro atoms. The molecule has 0 unspecified atom stereocenters. The van der Waals surface area contributed by atoms with Crippen molar-refractivity contribution in [3.63, 3.8) is 0 Å². The van der Waals surface area contributed by atoms with Crippen molar-refractivity contribution < 1.29 is 14.3 Å². The minimum atomic E-state index is -1.10. The molecule has 0 aliphatic rings. The molecule has 0 aliphatic carbocycles. The van der Waals surface area contributed by atoms with E-state index in [1.165, 1.54) is 12.1 Å². The summed E-state index contributed by atoms with van der Waals surface area (Å²) in [5, 5.41) is 11.4. The van der Waals surface area contributed by atoms with Gasteiger partial charge in [0, 0.05) is 18.2 Å². The monoisotopic (exact) mass is 235 g/mol. The lowest BCUT2D eigenvalue weighted by Crippen LogP contribution is -2.03. The first-order valence-electron chi connectivity index (χ1n) is 5.15. The molecule has 0 aliphatic heterocycles. The standard InChI is InChI=1S/C13H14FNO2/c1-15-8-2-3-10-4-6-12(14)11(9-10)5-7-13(16)17/h2-7,9,15H,8H2,1H3,(H,16,17)/b3-2?,7-5+. The van der Waals surface area contributed by atoms with Gasteiger partial charge in [0.1, 0.15) is 5.82 Å². The van der Waals surface area contributed by atoms with Gasteiger partial charge in [-0.15, -0.1) is 0 Å². The summed E-state index contributed by atoms with van der Waals surface area (Å²) in [7, 11) is 1.83. The number of halogens is 1. The topological polar surface area (TPSA) is 49.3 Å². The third-order valence-corrected chi connectivity index (χ3v) is 2.06. The summed E-state index contributed by atoms with van der Waals surface area (Å²) in [4.78, 5) is 10.3. The number of rotatable bonds is 5. The summed E-state index contributed by atoms with van der Waals surface area (Å²) in [6.07, 6.45) is 5.90. The molecule has 1 rings (SSSR count). The maximum atomic E-state index is 13.3. The first-order valence-corrected chi connectivity index (χ1v) is 5.15. The van der Waals surface area contributed by atoms with Crippen molar-refractivity contribution in [1.29, 1.82) is 0 Å². The fourth-order valence-electron chi connectivity index (χ4n) is 1.27. The van der Waals surface area contributed by atoms with E-state index in [9.17, 15) is 9.18 Å². The van der Waals surface area contributed by atoms with E-state index in [0.717, 1.165) is 18.2 Å². The van der Waals surface area contributed by atoms with Crippen molar-refractivity contribution in [1.82, 2.24) is 5.32 Å². The average molecular weight is 235 g/mol. The Morgan fingerprint density at radius 3 is 2.88 bits per heavy atom. The smallest absolute Gasteiger partial charge is 0.328 e. The van der Waals surface area contributed by atoms with E-state index < -0.39 is 11.8 Å². The maximum absolute atomic E-state index is 13.3. The molecule has 0 aromatic heterocycles. The zero-order valence-corrected chi connectivity index (χ0v) is 9.48. The van der Waals surface area contributed by atoms with Gasteiger partial charge < -0.3 is 10.4 Å². The normalized spacial score (nSPS) is 11.4. The molecule has 17 heavy (non-hydrogen) atoms. The van der Waals surface area contributed by atoms with Gasteiger partial charge in [0.05, 0.1) is 0 Å². The van der Waals surface area contributed by atoms with Crippen LogP contribution < -0.4 is 5.32 Å². The first-order chi connectivity index (χ1) is 8.13. The fourth-order valence-corrected chi connectivity index (χ4v) is 1.27. The second-order valence-corrected chi connectivity index (χ2v) is 3.41. The predicted octanol–water partition coefficient (Wildman–Crippen LogP) is 2.16. The zero-order valence-electron chi connectivity index (χ0n) is 9.48. The third kappa shape index (κ3) is 4.61. The Morgan fingerprint density at radius 1 is 1.47 bits per heavy atom. The fraction of sp³-hybridized carbons (Fsp3) is 0.154. The molecule has 90 valence electrons. The Bertz CT molecular complexity index is 453. The molecule has 0 fully saturated rings. The van der Waals surface area contributed by atoms with Crippen molar-refractivity contribution in [2.24, 2.45) is 0 Å².